The Bertz CT molecular complexity index is 1510. The normalized spacial score (nSPS) is 11.5. The van der Waals surface area contributed by atoms with Crippen LogP contribution in [0.5, 0.6) is 0 Å². The van der Waals surface area contributed by atoms with Gasteiger partial charge < -0.3 is 21.3 Å². The fourth-order valence-corrected chi connectivity index (χ4v) is 5.63. The zero-order valence-electron chi connectivity index (χ0n) is 20.1. The topological polar surface area (TPSA) is 152 Å². The van der Waals surface area contributed by atoms with Gasteiger partial charge in [0.05, 0.1) is 24.0 Å². The Morgan fingerprint density at radius 1 is 1.11 bits per heavy atom. The zero-order chi connectivity index (χ0) is 27.1. The van der Waals surface area contributed by atoms with Gasteiger partial charge in [-0.25, -0.2) is 9.97 Å². The lowest BCUT2D eigenvalue weighted by Gasteiger charge is -2.13. The molecular formula is C27H23ClN6O2S2. The van der Waals surface area contributed by atoms with Crippen LogP contribution in [0.25, 0.3) is 11.1 Å². The molecule has 0 bridgehead atoms. The largest absolute Gasteiger partial charge is 0.394 e. The number of thiazole rings is 1. The smallest absolute Gasteiger partial charge is 0.187 e. The maximum Gasteiger partial charge on any atom is 0.187 e. The summed E-state index contributed by atoms with van der Waals surface area (Å²) in [6.07, 6.45) is 0.240. The van der Waals surface area contributed by atoms with E-state index in [-0.39, 0.29) is 23.6 Å². The van der Waals surface area contributed by atoms with Gasteiger partial charge in [0.1, 0.15) is 28.5 Å². The molecular weight excluding hydrogens is 540 g/mol. The van der Waals surface area contributed by atoms with E-state index in [2.05, 4.69) is 27.4 Å². The number of thioether (sulfide) groups is 1. The number of nitrogens with zero attached hydrogens (tertiary/aromatic N) is 4. The van der Waals surface area contributed by atoms with Gasteiger partial charge in [-0.05, 0) is 42.2 Å². The first-order chi connectivity index (χ1) is 18.4. The fourth-order valence-electron chi connectivity index (χ4n) is 3.72. The molecule has 2 aromatic heterocycles. The first-order valence-corrected chi connectivity index (χ1v) is 13.8. The zero-order valence-corrected chi connectivity index (χ0v) is 22.4. The standard InChI is InChI=1S/C27H23ClN6O2S2/c28-18-2-1-3-19(10-18)32-27-33-20(15-38-27)14-37-26-23(12-30)24(22(11-29)25(31)34-26)17-7-4-16(5-8-17)6-9-21(36)13-35/h1-5,7-8,10,15,21,35-36H,6,9,13-14H2,(H2,31,34)(H,32,33)/t21-/m0/s1. The number of nitrogens with two attached hydrogens (primary N) is 1. The predicted molar refractivity (Wildman–Crippen MR) is 151 cm³/mol. The second-order valence-electron chi connectivity index (χ2n) is 8.29. The molecule has 0 saturated heterocycles. The molecule has 5 N–H and O–H groups in total. The first kappa shape index (κ1) is 27.4. The molecule has 0 aliphatic carbocycles. The van der Waals surface area contributed by atoms with E-state index in [4.69, 9.17) is 22.4 Å². The second kappa shape index (κ2) is 12.7. The number of aliphatic hydroxyl groups is 2. The Balaban J connectivity index is 1.56. The van der Waals surface area contributed by atoms with Crippen LogP contribution in [0.15, 0.2) is 58.9 Å². The third-order valence-electron chi connectivity index (χ3n) is 5.62. The van der Waals surface area contributed by atoms with Crippen LogP contribution >= 0.6 is 34.7 Å². The molecule has 0 saturated carbocycles. The summed E-state index contributed by atoms with van der Waals surface area (Å²) in [5, 5.41) is 45.4. The number of rotatable bonds is 10. The molecule has 11 heteroatoms. The Hall–Kier alpha value is -3.64. The maximum atomic E-state index is 10.0. The van der Waals surface area contributed by atoms with Crippen LogP contribution in [0.3, 0.4) is 0 Å². The lowest BCUT2D eigenvalue weighted by atomic mass is 9.95. The van der Waals surface area contributed by atoms with Crippen LogP contribution < -0.4 is 11.1 Å². The van der Waals surface area contributed by atoms with Crippen molar-refractivity contribution in [3.8, 4) is 23.3 Å². The molecule has 8 nitrogen and oxygen atoms in total. The van der Waals surface area contributed by atoms with Crippen LogP contribution in [0.2, 0.25) is 5.02 Å². The van der Waals surface area contributed by atoms with Crippen molar-refractivity contribution in [1.29, 1.82) is 10.5 Å². The Morgan fingerprint density at radius 3 is 2.55 bits per heavy atom. The van der Waals surface area contributed by atoms with Gasteiger partial charge in [0.15, 0.2) is 5.13 Å². The van der Waals surface area contributed by atoms with Crippen LogP contribution in [-0.4, -0.2) is 32.9 Å². The molecule has 0 radical (unpaired) electrons. The van der Waals surface area contributed by atoms with Crippen LogP contribution in [-0.2, 0) is 12.2 Å². The number of nitrogens with one attached hydrogen (secondary N) is 1. The number of halogens is 1. The molecule has 2 aromatic carbocycles. The number of hydrogen-bond acceptors (Lipinski definition) is 10. The van der Waals surface area contributed by atoms with Crippen molar-refractivity contribution in [2.45, 2.75) is 29.7 Å². The summed E-state index contributed by atoms with van der Waals surface area (Å²) in [4.78, 5) is 8.97. The predicted octanol–water partition coefficient (Wildman–Crippen LogP) is 5.51. The van der Waals surface area contributed by atoms with E-state index < -0.39 is 6.10 Å². The number of pyridine rings is 1. The van der Waals surface area contributed by atoms with Crippen molar-refractivity contribution in [3.63, 3.8) is 0 Å². The third kappa shape index (κ3) is 6.62. The van der Waals surface area contributed by atoms with E-state index in [0.29, 0.717) is 44.9 Å². The highest BCUT2D eigenvalue weighted by atomic mass is 35.5. The van der Waals surface area contributed by atoms with Gasteiger partial charge in [-0.3, -0.25) is 0 Å². The number of nitriles is 2. The molecule has 0 aliphatic rings. The number of anilines is 3. The minimum Gasteiger partial charge on any atom is -0.394 e. The Morgan fingerprint density at radius 2 is 1.87 bits per heavy atom. The Labute approximate surface area is 233 Å². The first-order valence-electron chi connectivity index (χ1n) is 11.5. The monoisotopic (exact) mass is 562 g/mol. The van der Waals surface area contributed by atoms with Gasteiger partial charge in [0.2, 0.25) is 0 Å². The van der Waals surface area contributed by atoms with Crippen LogP contribution in [0.1, 0.15) is 28.8 Å². The summed E-state index contributed by atoms with van der Waals surface area (Å²) < 4.78 is 0. The van der Waals surface area contributed by atoms with Crippen molar-refractivity contribution in [2.75, 3.05) is 17.7 Å². The Kier molecular flexibility index (Phi) is 9.19. The van der Waals surface area contributed by atoms with Gasteiger partial charge in [-0.1, -0.05) is 53.7 Å². The molecule has 1 atom stereocenters. The van der Waals surface area contributed by atoms with Crippen LogP contribution in [0, 0.1) is 22.7 Å². The summed E-state index contributed by atoms with van der Waals surface area (Å²) in [6, 6.07) is 19.0. The molecule has 0 aliphatic heterocycles. The third-order valence-corrected chi connectivity index (χ3v) is 7.67. The molecule has 38 heavy (non-hydrogen) atoms. The molecule has 0 fully saturated rings. The molecule has 192 valence electrons. The van der Waals surface area contributed by atoms with E-state index in [1.54, 1.807) is 6.07 Å². The number of benzene rings is 2. The summed E-state index contributed by atoms with van der Waals surface area (Å²) in [5.74, 6) is 0.507. The van der Waals surface area contributed by atoms with E-state index in [1.165, 1.54) is 23.1 Å². The van der Waals surface area contributed by atoms with Crippen molar-refractivity contribution < 1.29 is 10.2 Å². The average molecular weight is 563 g/mol. The van der Waals surface area contributed by atoms with Crippen molar-refractivity contribution in [1.82, 2.24) is 9.97 Å². The summed E-state index contributed by atoms with van der Waals surface area (Å²) >= 11 is 8.83. The van der Waals surface area contributed by atoms with Crippen molar-refractivity contribution in [2.24, 2.45) is 0 Å². The fraction of sp³-hybridized carbons (Fsp3) is 0.185. The molecule has 0 spiro atoms. The van der Waals surface area contributed by atoms with Gasteiger partial charge in [-0.2, -0.15) is 10.5 Å². The van der Waals surface area contributed by atoms with Gasteiger partial charge in [0, 0.05) is 27.4 Å². The molecule has 0 amide bonds. The van der Waals surface area contributed by atoms with E-state index in [1.807, 2.05) is 47.8 Å². The minimum atomic E-state index is -0.772. The highest BCUT2D eigenvalue weighted by Gasteiger charge is 2.21. The summed E-state index contributed by atoms with van der Waals surface area (Å²) in [5.41, 5.74) is 10.3. The SMILES string of the molecule is N#Cc1c(N)nc(SCc2csc(Nc3cccc(Cl)c3)n2)c(C#N)c1-c1ccc(CC[C@H](O)CO)cc1. The summed E-state index contributed by atoms with van der Waals surface area (Å²) in [6.45, 7) is -0.285. The van der Waals surface area contributed by atoms with Crippen LogP contribution in [0.4, 0.5) is 16.6 Å². The maximum absolute atomic E-state index is 10.0. The average Bonchev–Trinajstić information content (AvgIpc) is 3.37. The minimum absolute atomic E-state index is 0.0562. The number of nitrogen functional groups attached to an aromatic ring is 1. The lowest BCUT2D eigenvalue weighted by molar-refractivity contribution is 0.0886. The highest BCUT2D eigenvalue weighted by Crippen LogP contribution is 2.37. The highest BCUT2D eigenvalue weighted by molar-refractivity contribution is 7.98. The number of aryl methyl sites for hydroxylation is 1. The lowest BCUT2D eigenvalue weighted by Crippen LogP contribution is -2.12. The summed E-state index contributed by atoms with van der Waals surface area (Å²) in [7, 11) is 0. The molecule has 4 aromatic rings. The second-order valence-corrected chi connectivity index (χ2v) is 10.5. The number of aromatic nitrogens is 2. The van der Waals surface area contributed by atoms with E-state index in [9.17, 15) is 15.6 Å². The molecule has 2 heterocycles. The molecule has 0 unspecified atom stereocenters. The quantitative estimate of drug-likeness (QED) is 0.183. The number of aliphatic hydroxyl groups excluding tert-OH is 2. The van der Waals surface area contributed by atoms with E-state index in [0.717, 1.165) is 16.9 Å². The van der Waals surface area contributed by atoms with Gasteiger partial charge in [-0.15, -0.1) is 11.3 Å². The van der Waals surface area contributed by atoms with Crippen molar-refractivity contribution >= 4 is 51.3 Å². The molecule has 4 rings (SSSR count). The van der Waals surface area contributed by atoms with Crippen molar-refractivity contribution in [3.05, 3.63) is 81.3 Å². The van der Waals surface area contributed by atoms with Gasteiger partial charge in [0.25, 0.3) is 0 Å². The van der Waals surface area contributed by atoms with E-state index >= 15 is 0 Å². The number of hydrogen-bond donors (Lipinski definition) is 4. The van der Waals surface area contributed by atoms with Gasteiger partial charge >= 0.3 is 0 Å².